The van der Waals surface area contributed by atoms with Gasteiger partial charge in [-0.25, -0.2) is 22.3 Å². The third-order valence-electron chi connectivity index (χ3n) is 4.95. The van der Waals surface area contributed by atoms with E-state index >= 15 is 0 Å². The third-order valence-corrected chi connectivity index (χ3v) is 6.66. The summed E-state index contributed by atoms with van der Waals surface area (Å²) in [5, 5.41) is 13.8. The SMILES string of the molecule is Cc1ccc(S(=O)(=O)c2cc(CN(CC(C)(C)C)C(=O)O)nn2-c2cccc(F)c2C)cn1. The van der Waals surface area contributed by atoms with Crippen LogP contribution in [0.3, 0.4) is 0 Å². The monoisotopic (exact) mass is 474 g/mol. The summed E-state index contributed by atoms with van der Waals surface area (Å²) in [5.41, 5.74) is 1.03. The summed E-state index contributed by atoms with van der Waals surface area (Å²) in [6.45, 7) is 9.07. The molecule has 8 nitrogen and oxygen atoms in total. The van der Waals surface area contributed by atoms with Crippen molar-refractivity contribution in [2.24, 2.45) is 5.41 Å². The molecule has 1 amide bonds. The van der Waals surface area contributed by atoms with Crippen LogP contribution >= 0.6 is 0 Å². The molecule has 0 saturated heterocycles. The largest absolute Gasteiger partial charge is 0.465 e. The summed E-state index contributed by atoms with van der Waals surface area (Å²) in [7, 11) is -4.08. The Labute approximate surface area is 192 Å². The van der Waals surface area contributed by atoms with E-state index in [9.17, 15) is 22.7 Å². The number of pyridine rings is 1. The van der Waals surface area contributed by atoms with Gasteiger partial charge in [-0.05, 0) is 43.5 Å². The molecule has 0 aliphatic rings. The summed E-state index contributed by atoms with van der Waals surface area (Å²) in [6.07, 6.45) is 0.108. The van der Waals surface area contributed by atoms with E-state index < -0.39 is 21.7 Å². The molecule has 0 bridgehead atoms. The zero-order chi connectivity index (χ0) is 24.6. The zero-order valence-corrected chi connectivity index (χ0v) is 20.0. The molecule has 33 heavy (non-hydrogen) atoms. The van der Waals surface area contributed by atoms with Gasteiger partial charge in [0.2, 0.25) is 9.84 Å². The minimum atomic E-state index is -4.08. The van der Waals surface area contributed by atoms with Gasteiger partial charge in [0.05, 0.1) is 22.8 Å². The molecule has 2 aromatic heterocycles. The number of sulfone groups is 1. The number of carboxylic acid groups (broad SMARTS) is 1. The predicted molar refractivity (Wildman–Crippen MR) is 121 cm³/mol. The summed E-state index contributed by atoms with van der Waals surface area (Å²) in [4.78, 5) is 17.0. The van der Waals surface area contributed by atoms with Crippen molar-refractivity contribution in [2.45, 2.75) is 51.1 Å². The fourth-order valence-corrected chi connectivity index (χ4v) is 4.71. The third kappa shape index (κ3) is 5.39. The molecule has 2 heterocycles. The van der Waals surface area contributed by atoms with Crippen LogP contribution in [-0.4, -0.2) is 45.8 Å². The van der Waals surface area contributed by atoms with Crippen molar-refractivity contribution in [1.29, 1.82) is 0 Å². The van der Waals surface area contributed by atoms with Gasteiger partial charge in [0.15, 0.2) is 5.03 Å². The molecule has 3 rings (SSSR count). The van der Waals surface area contributed by atoms with Gasteiger partial charge >= 0.3 is 6.09 Å². The molecule has 3 aromatic rings. The molecule has 0 radical (unpaired) electrons. The van der Waals surface area contributed by atoms with Gasteiger partial charge in [0, 0.05) is 30.1 Å². The van der Waals surface area contributed by atoms with Crippen LogP contribution in [-0.2, 0) is 16.4 Å². The van der Waals surface area contributed by atoms with Crippen molar-refractivity contribution in [2.75, 3.05) is 6.54 Å². The number of hydrogen-bond donors (Lipinski definition) is 1. The van der Waals surface area contributed by atoms with Crippen molar-refractivity contribution in [1.82, 2.24) is 19.7 Å². The van der Waals surface area contributed by atoms with Crippen LogP contribution in [0.1, 0.15) is 37.7 Å². The fourth-order valence-electron chi connectivity index (χ4n) is 3.37. The van der Waals surface area contributed by atoms with Crippen LogP contribution in [0.25, 0.3) is 5.69 Å². The van der Waals surface area contributed by atoms with E-state index in [0.717, 1.165) is 4.68 Å². The van der Waals surface area contributed by atoms with E-state index in [1.165, 1.54) is 42.3 Å². The number of hydrogen-bond acceptors (Lipinski definition) is 5. The molecule has 0 saturated carbocycles. The number of benzene rings is 1. The van der Waals surface area contributed by atoms with E-state index in [0.29, 0.717) is 5.69 Å². The minimum Gasteiger partial charge on any atom is -0.465 e. The highest BCUT2D eigenvalue weighted by atomic mass is 32.2. The van der Waals surface area contributed by atoms with Gasteiger partial charge in [0.25, 0.3) is 0 Å². The first-order valence-electron chi connectivity index (χ1n) is 10.3. The minimum absolute atomic E-state index is 0.0420. The highest BCUT2D eigenvalue weighted by Gasteiger charge is 2.28. The lowest BCUT2D eigenvalue weighted by molar-refractivity contribution is 0.122. The van der Waals surface area contributed by atoms with Crippen LogP contribution in [0.2, 0.25) is 0 Å². The molecule has 176 valence electrons. The standard InChI is InChI=1S/C23H27FN4O4S/c1-15-9-10-18(12-25-15)33(31,32)21-11-17(13-27(22(29)30)14-23(3,4)5)26-28(21)20-8-6-7-19(24)16(20)2/h6-12H,13-14H2,1-5H3,(H,29,30). The molecule has 0 spiro atoms. The maximum absolute atomic E-state index is 14.3. The number of aromatic nitrogens is 3. The predicted octanol–water partition coefficient (Wildman–Crippen LogP) is 4.38. The molecule has 0 atom stereocenters. The quantitative estimate of drug-likeness (QED) is 0.568. The summed E-state index contributed by atoms with van der Waals surface area (Å²) in [5.74, 6) is -0.509. The average molecular weight is 475 g/mol. The second kappa shape index (κ2) is 8.93. The first-order valence-corrected chi connectivity index (χ1v) is 11.8. The van der Waals surface area contributed by atoms with Gasteiger partial charge in [-0.3, -0.25) is 4.98 Å². The van der Waals surface area contributed by atoms with E-state index in [1.807, 2.05) is 20.8 Å². The second-order valence-corrected chi connectivity index (χ2v) is 11.0. The molecule has 1 N–H and O–H groups in total. The lowest BCUT2D eigenvalue weighted by atomic mass is 9.96. The van der Waals surface area contributed by atoms with Crippen LogP contribution in [0.15, 0.2) is 52.5 Å². The number of carbonyl (C=O) groups is 1. The van der Waals surface area contributed by atoms with Gasteiger partial charge < -0.3 is 10.0 Å². The van der Waals surface area contributed by atoms with Gasteiger partial charge in [-0.1, -0.05) is 26.8 Å². The van der Waals surface area contributed by atoms with Crippen LogP contribution in [0.5, 0.6) is 0 Å². The van der Waals surface area contributed by atoms with E-state index in [1.54, 1.807) is 19.1 Å². The normalized spacial score (nSPS) is 12.1. The maximum atomic E-state index is 14.3. The van der Waals surface area contributed by atoms with Crippen LogP contribution < -0.4 is 0 Å². The van der Waals surface area contributed by atoms with E-state index in [4.69, 9.17) is 0 Å². The Morgan fingerprint density at radius 3 is 2.45 bits per heavy atom. The Balaban J connectivity index is 2.17. The van der Waals surface area contributed by atoms with Crippen molar-refractivity contribution < 1.29 is 22.7 Å². The fraction of sp³-hybridized carbons (Fsp3) is 0.348. The summed E-state index contributed by atoms with van der Waals surface area (Å²) in [6, 6.07) is 8.65. The Bertz CT molecular complexity index is 1280. The maximum Gasteiger partial charge on any atom is 0.407 e. The average Bonchev–Trinajstić information content (AvgIpc) is 3.13. The number of nitrogens with zero attached hydrogens (tertiary/aromatic N) is 4. The zero-order valence-electron chi connectivity index (χ0n) is 19.2. The molecule has 10 heteroatoms. The van der Waals surface area contributed by atoms with Crippen molar-refractivity contribution >= 4 is 15.9 Å². The first kappa shape index (κ1) is 24.4. The van der Waals surface area contributed by atoms with Crippen molar-refractivity contribution in [3.05, 3.63) is 65.4 Å². The smallest absolute Gasteiger partial charge is 0.407 e. The lowest BCUT2D eigenvalue weighted by Gasteiger charge is -2.27. The second-order valence-electron chi connectivity index (χ2n) is 9.11. The highest BCUT2D eigenvalue weighted by Crippen LogP contribution is 2.27. The summed E-state index contributed by atoms with van der Waals surface area (Å²) < 4.78 is 42.4. The van der Waals surface area contributed by atoms with E-state index in [-0.39, 0.29) is 45.4 Å². The molecule has 1 aromatic carbocycles. The Morgan fingerprint density at radius 1 is 1.18 bits per heavy atom. The van der Waals surface area contributed by atoms with E-state index in [2.05, 4.69) is 10.1 Å². The molecular formula is C23H27FN4O4S. The lowest BCUT2D eigenvalue weighted by Crippen LogP contribution is -2.36. The molecule has 0 aliphatic carbocycles. The van der Waals surface area contributed by atoms with Crippen molar-refractivity contribution in [3.8, 4) is 5.69 Å². The molecule has 0 unspecified atom stereocenters. The topological polar surface area (TPSA) is 105 Å². The summed E-state index contributed by atoms with van der Waals surface area (Å²) >= 11 is 0. The Kier molecular flexibility index (Phi) is 6.60. The van der Waals surface area contributed by atoms with Crippen LogP contribution in [0.4, 0.5) is 9.18 Å². The highest BCUT2D eigenvalue weighted by molar-refractivity contribution is 7.91. The number of halogens is 1. The van der Waals surface area contributed by atoms with Gasteiger partial charge in [0.1, 0.15) is 5.82 Å². The Hall–Kier alpha value is -3.27. The Morgan fingerprint density at radius 2 is 1.88 bits per heavy atom. The molecule has 0 fully saturated rings. The number of amides is 1. The number of rotatable bonds is 6. The molecule has 0 aliphatic heterocycles. The van der Waals surface area contributed by atoms with Crippen molar-refractivity contribution in [3.63, 3.8) is 0 Å². The van der Waals surface area contributed by atoms with Crippen LogP contribution in [0, 0.1) is 25.1 Å². The van der Waals surface area contributed by atoms with Gasteiger partial charge in [-0.2, -0.15) is 5.10 Å². The van der Waals surface area contributed by atoms with Gasteiger partial charge in [-0.15, -0.1) is 0 Å². The first-order chi connectivity index (χ1) is 15.3. The molecular weight excluding hydrogens is 447 g/mol. The number of aryl methyl sites for hydroxylation is 1.